The predicted molar refractivity (Wildman–Crippen MR) is 45.1 cm³/mol. The van der Waals surface area contributed by atoms with Crippen LogP contribution in [0.4, 0.5) is 0 Å². The van der Waals surface area contributed by atoms with Crippen LogP contribution in [0.1, 0.15) is 18.0 Å². The molecule has 3 nitrogen and oxygen atoms in total. The van der Waals surface area contributed by atoms with Gasteiger partial charge in [0.1, 0.15) is 0 Å². The van der Waals surface area contributed by atoms with E-state index in [1.54, 1.807) is 6.07 Å². The van der Waals surface area contributed by atoms with Gasteiger partial charge in [-0.15, -0.1) is 0 Å². The number of nitrogens with one attached hydrogen (secondary N) is 1. The van der Waals surface area contributed by atoms with Gasteiger partial charge in [-0.3, -0.25) is 0 Å². The third kappa shape index (κ3) is 1.12. The smallest absolute Gasteiger partial charge is 0.157 e. The molecule has 2 rings (SSSR count). The Hall–Kier alpha value is -1.22. The number of aromatic hydroxyl groups is 2. The van der Waals surface area contributed by atoms with Crippen LogP contribution in [0.25, 0.3) is 0 Å². The van der Waals surface area contributed by atoms with Crippen molar-refractivity contribution in [2.24, 2.45) is 0 Å². The number of hydrogen-bond acceptors (Lipinski definition) is 3. The van der Waals surface area contributed by atoms with Crippen LogP contribution in [0.3, 0.4) is 0 Å². The summed E-state index contributed by atoms with van der Waals surface area (Å²) in [5.41, 5.74) is 1.04. The van der Waals surface area contributed by atoms with Gasteiger partial charge >= 0.3 is 0 Å². The van der Waals surface area contributed by atoms with Crippen molar-refractivity contribution in [2.75, 3.05) is 6.54 Å². The fourth-order valence-electron chi connectivity index (χ4n) is 1.33. The van der Waals surface area contributed by atoms with Crippen molar-refractivity contribution in [3.05, 3.63) is 23.8 Å². The van der Waals surface area contributed by atoms with Gasteiger partial charge in [0.15, 0.2) is 11.5 Å². The lowest BCUT2D eigenvalue weighted by molar-refractivity contribution is 0.375. The van der Waals surface area contributed by atoms with Crippen molar-refractivity contribution in [1.82, 2.24) is 5.32 Å². The molecule has 0 spiro atoms. The Morgan fingerprint density at radius 3 is 2.50 bits per heavy atom. The van der Waals surface area contributed by atoms with Crippen molar-refractivity contribution >= 4 is 0 Å². The lowest BCUT2D eigenvalue weighted by Gasteiger charge is -2.28. The molecule has 3 N–H and O–H groups in total. The van der Waals surface area contributed by atoms with Gasteiger partial charge in [0, 0.05) is 6.04 Å². The summed E-state index contributed by atoms with van der Waals surface area (Å²) < 4.78 is 0. The quantitative estimate of drug-likeness (QED) is 0.547. The molecule has 0 saturated carbocycles. The van der Waals surface area contributed by atoms with Gasteiger partial charge in [-0.05, 0) is 30.7 Å². The van der Waals surface area contributed by atoms with Crippen LogP contribution < -0.4 is 5.32 Å². The first-order chi connectivity index (χ1) is 5.77. The van der Waals surface area contributed by atoms with Gasteiger partial charge < -0.3 is 15.5 Å². The highest BCUT2D eigenvalue weighted by atomic mass is 16.3. The maximum absolute atomic E-state index is 9.19. The fraction of sp³-hybridized carbons (Fsp3) is 0.333. The van der Waals surface area contributed by atoms with Gasteiger partial charge in [-0.1, -0.05) is 6.07 Å². The molecule has 1 aliphatic rings. The zero-order valence-corrected chi connectivity index (χ0v) is 6.62. The van der Waals surface area contributed by atoms with Crippen molar-refractivity contribution in [2.45, 2.75) is 12.5 Å². The molecule has 0 amide bonds. The Morgan fingerprint density at radius 2 is 2.00 bits per heavy atom. The first kappa shape index (κ1) is 7.43. The molecule has 1 atom stereocenters. The monoisotopic (exact) mass is 165 g/mol. The predicted octanol–water partition coefficient (Wildman–Crippen LogP) is 1.13. The Labute approximate surface area is 70.7 Å². The number of rotatable bonds is 1. The first-order valence-electron chi connectivity index (χ1n) is 4.02. The summed E-state index contributed by atoms with van der Waals surface area (Å²) in [6.45, 7) is 1.03. The molecular formula is C9H11NO2. The largest absolute Gasteiger partial charge is 0.504 e. The van der Waals surface area contributed by atoms with Crippen molar-refractivity contribution in [3.63, 3.8) is 0 Å². The van der Waals surface area contributed by atoms with Crippen LogP contribution in [-0.4, -0.2) is 16.8 Å². The van der Waals surface area contributed by atoms with Gasteiger partial charge in [-0.25, -0.2) is 0 Å². The van der Waals surface area contributed by atoms with Gasteiger partial charge in [0.05, 0.1) is 0 Å². The molecule has 1 aliphatic heterocycles. The van der Waals surface area contributed by atoms with E-state index in [1.165, 1.54) is 6.07 Å². The highest BCUT2D eigenvalue weighted by molar-refractivity contribution is 5.41. The number of benzene rings is 1. The molecule has 1 fully saturated rings. The standard InChI is InChI=1S/C9H11NO2/c11-8-2-1-6(5-9(8)12)7-3-4-10-7/h1-2,5,7,10-12H,3-4H2/t7-/m0/s1. The average Bonchev–Trinajstić information content (AvgIpc) is 1.93. The molecule has 1 aromatic rings. The van der Waals surface area contributed by atoms with E-state index in [2.05, 4.69) is 5.32 Å². The summed E-state index contributed by atoms with van der Waals surface area (Å²) in [5, 5.41) is 21.5. The maximum Gasteiger partial charge on any atom is 0.157 e. The van der Waals surface area contributed by atoms with Crippen molar-refractivity contribution in [1.29, 1.82) is 0 Å². The van der Waals surface area contributed by atoms with E-state index in [0.717, 1.165) is 18.5 Å². The molecule has 1 aromatic carbocycles. The molecule has 0 bridgehead atoms. The minimum atomic E-state index is -0.0573. The minimum absolute atomic E-state index is 0.0406. The van der Waals surface area contributed by atoms with Crippen LogP contribution >= 0.6 is 0 Å². The third-order valence-corrected chi connectivity index (χ3v) is 2.23. The van der Waals surface area contributed by atoms with E-state index in [9.17, 15) is 5.11 Å². The number of phenolic OH excluding ortho intramolecular Hbond substituents is 2. The van der Waals surface area contributed by atoms with E-state index in [0.29, 0.717) is 6.04 Å². The lowest BCUT2D eigenvalue weighted by atomic mass is 9.98. The van der Waals surface area contributed by atoms with E-state index in [4.69, 9.17) is 5.11 Å². The van der Waals surface area contributed by atoms with E-state index in [-0.39, 0.29) is 11.5 Å². The summed E-state index contributed by atoms with van der Waals surface area (Å²) in [6.07, 6.45) is 1.10. The fourth-order valence-corrected chi connectivity index (χ4v) is 1.33. The molecule has 1 heterocycles. The van der Waals surface area contributed by atoms with Crippen LogP contribution in [-0.2, 0) is 0 Å². The zero-order chi connectivity index (χ0) is 8.55. The van der Waals surface area contributed by atoms with E-state index < -0.39 is 0 Å². The van der Waals surface area contributed by atoms with E-state index in [1.807, 2.05) is 6.07 Å². The average molecular weight is 165 g/mol. The van der Waals surface area contributed by atoms with Crippen LogP contribution in [0.15, 0.2) is 18.2 Å². The molecule has 0 aliphatic carbocycles. The highest BCUT2D eigenvalue weighted by Gasteiger charge is 2.18. The normalized spacial score (nSPS) is 21.8. The Bertz CT molecular complexity index is 295. The number of phenols is 2. The third-order valence-electron chi connectivity index (χ3n) is 2.23. The minimum Gasteiger partial charge on any atom is -0.504 e. The summed E-state index contributed by atoms with van der Waals surface area (Å²) >= 11 is 0. The summed E-state index contributed by atoms with van der Waals surface area (Å²) in [5.74, 6) is -0.0979. The molecular weight excluding hydrogens is 154 g/mol. The van der Waals surface area contributed by atoms with Gasteiger partial charge in [0.25, 0.3) is 0 Å². The van der Waals surface area contributed by atoms with E-state index >= 15 is 0 Å². The van der Waals surface area contributed by atoms with Crippen molar-refractivity contribution < 1.29 is 10.2 Å². The molecule has 12 heavy (non-hydrogen) atoms. The Morgan fingerprint density at radius 1 is 1.25 bits per heavy atom. The van der Waals surface area contributed by atoms with Crippen LogP contribution in [0.5, 0.6) is 11.5 Å². The van der Waals surface area contributed by atoms with Crippen LogP contribution in [0.2, 0.25) is 0 Å². The summed E-state index contributed by atoms with van der Waals surface area (Å²) in [7, 11) is 0. The summed E-state index contributed by atoms with van der Waals surface area (Å²) in [6, 6.07) is 5.30. The summed E-state index contributed by atoms with van der Waals surface area (Å²) in [4.78, 5) is 0. The molecule has 0 unspecified atom stereocenters. The van der Waals surface area contributed by atoms with Gasteiger partial charge in [0.2, 0.25) is 0 Å². The number of hydrogen-bond donors (Lipinski definition) is 3. The van der Waals surface area contributed by atoms with Gasteiger partial charge in [-0.2, -0.15) is 0 Å². The molecule has 3 heteroatoms. The Balaban J connectivity index is 2.27. The lowest BCUT2D eigenvalue weighted by Crippen LogP contribution is -2.34. The van der Waals surface area contributed by atoms with Crippen molar-refractivity contribution in [3.8, 4) is 11.5 Å². The Kier molecular flexibility index (Phi) is 1.66. The SMILES string of the molecule is Oc1ccc([C@@H]2CCN2)cc1O. The maximum atomic E-state index is 9.19. The highest BCUT2D eigenvalue weighted by Crippen LogP contribution is 2.30. The molecule has 0 aromatic heterocycles. The first-order valence-corrected chi connectivity index (χ1v) is 4.02. The second kappa shape index (κ2) is 2.68. The zero-order valence-electron chi connectivity index (χ0n) is 6.62. The molecule has 1 saturated heterocycles. The van der Waals surface area contributed by atoms with Crippen LogP contribution in [0, 0.1) is 0 Å². The molecule has 0 radical (unpaired) electrons. The topological polar surface area (TPSA) is 52.5 Å². The molecule has 64 valence electrons. The second-order valence-corrected chi connectivity index (χ2v) is 3.04. The second-order valence-electron chi connectivity index (χ2n) is 3.04.